The molecule has 2 aliphatic carbocycles. The highest BCUT2D eigenvalue weighted by Crippen LogP contribution is 2.35. The van der Waals surface area contributed by atoms with Crippen molar-refractivity contribution in [1.29, 1.82) is 0 Å². The van der Waals surface area contributed by atoms with Crippen molar-refractivity contribution in [2.45, 2.75) is 38.3 Å². The zero-order valence-electron chi connectivity index (χ0n) is 9.40. The van der Waals surface area contributed by atoms with Gasteiger partial charge in [-0.25, -0.2) is 0 Å². The summed E-state index contributed by atoms with van der Waals surface area (Å²) in [6.07, 6.45) is 7.57. The van der Waals surface area contributed by atoms with Crippen LogP contribution in [0, 0.1) is 5.92 Å². The number of halogens is 1. The smallest absolute Gasteiger partial charge is 0.0544 e. The first kappa shape index (κ1) is 10.7. The molecule has 0 spiro atoms. The van der Waals surface area contributed by atoms with E-state index in [0.29, 0.717) is 0 Å². The second-order valence-electron chi connectivity index (χ2n) is 5.07. The van der Waals surface area contributed by atoms with E-state index in [1.54, 1.807) is 0 Å². The van der Waals surface area contributed by atoms with Gasteiger partial charge in [-0.15, -0.1) is 0 Å². The fourth-order valence-corrected chi connectivity index (χ4v) is 2.36. The summed E-state index contributed by atoms with van der Waals surface area (Å²) in [4.78, 5) is 7.10. The molecule has 0 unspecified atom stereocenters. The van der Waals surface area contributed by atoms with Crippen LogP contribution in [0.1, 0.15) is 31.4 Å². The first-order valence-electron chi connectivity index (χ1n) is 6.16. The number of hydrogen-bond donors (Lipinski definition) is 0. The van der Waals surface area contributed by atoms with Crippen LogP contribution in [-0.2, 0) is 6.54 Å². The molecule has 2 saturated carbocycles. The van der Waals surface area contributed by atoms with Crippen molar-refractivity contribution in [3.63, 3.8) is 0 Å². The second-order valence-corrected chi connectivity index (χ2v) is 5.99. The summed E-state index contributed by atoms with van der Waals surface area (Å²) < 4.78 is 1.07. The average Bonchev–Trinajstić information content (AvgIpc) is 3.14. The third-order valence-corrected chi connectivity index (χ3v) is 3.88. The van der Waals surface area contributed by atoms with Crippen molar-refractivity contribution in [3.05, 3.63) is 28.5 Å². The molecule has 2 fully saturated rings. The number of aromatic nitrogens is 1. The SMILES string of the molecule is Brc1ccc(CN(CC2CC2)C2CC2)nc1. The number of rotatable bonds is 5. The molecule has 3 heteroatoms. The quantitative estimate of drug-likeness (QED) is 0.823. The molecule has 0 N–H and O–H groups in total. The lowest BCUT2D eigenvalue weighted by Gasteiger charge is -2.21. The van der Waals surface area contributed by atoms with E-state index in [0.717, 1.165) is 23.0 Å². The predicted molar refractivity (Wildman–Crippen MR) is 68.1 cm³/mol. The normalized spacial score (nSPS) is 20.4. The van der Waals surface area contributed by atoms with Crippen LogP contribution in [0.5, 0.6) is 0 Å². The summed E-state index contributed by atoms with van der Waals surface area (Å²) in [5, 5.41) is 0. The van der Waals surface area contributed by atoms with E-state index in [9.17, 15) is 0 Å². The molecule has 0 atom stereocenters. The molecule has 1 aromatic rings. The van der Waals surface area contributed by atoms with Crippen molar-refractivity contribution in [2.24, 2.45) is 5.92 Å². The Kier molecular flexibility index (Phi) is 2.99. The summed E-state index contributed by atoms with van der Waals surface area (Å²) in [6, 6.07) is 5.07. The minimum Gasteiger partial charge on any atom is -0.294 e. The summed E-state index contributed by atoms with van der Waals surface area (Å²) in [5.41, 5.74) is 1.20. The molecular weight excluding hydrogens is 264 g/mol. The Labute approximate surface area is 105 Å². The van der Waals surface area contributed by atoms with Gasteiger partial charge in [-0.05, 0) is 59.7 Å². The van der Waals surface area contributed by atoms with Crippen molar-refractivity contribution in [2.75, 3.05) is 6.54 Å². The molecule has 1 heterocycles. The van der Waals surface area contributed by atoms with Crippen LogP contribution in [0.25, 0.3) is 0 Å². The first-order valence-corrected chi connectivity index (χ1v) is 6.95. The van der Waals surface area contributed by atoms with E-state index in [1.807, 2.05) is 6.20 Å². The molecule has 0 amide bonds. The summed E-state index contributed by atoms with van der Waals surface area (Å²) >= 11 is 3.43. The Hall–Kier alpha value is -0.410. The van der Waals surface area contributed by atoms with Gasteiger partial charge in [0.2, 0.25) is 0 Å². The maximum absolute atomic E-state index is 4.47. The standard InChI is InChI=1S/C13H17BrN2/c14-11-3-4-12(15-7-11)9-16(13-5-6-13)8-10-1-2-10/h3-4,7,10,13H,1-2,5-6,8-9H2. The van der Waals surface area contributed by atoms with Gasteiger partial charge in [-0.2, -0.15) is 0 Å². The fraction of sp³-hybridized carbons (Fsp3) is 0.615. The largest absolute Gasteiger partial charge is 0.294 e. The highest BCUT2D eigenvalue weighted by atomic mass is 79.9. The van der Waals surface area contributed by atoms with Gasteiger partial charge in [0.05, 0.1) is 5.69 Å². The highest BCUT2D eigenvalue weighted by molar-refractivity contribution is 9.10. The minimum absolute atomic E-state index is 0.853. The van der Waals surface area contributed by atoms with Gasteiger partial charge in [-0.1, -0.05) is 0 Å². The van der Waals surface area contributed by atoms with Crippen molar-refractivity contribution < 1.29 is 0 Å². The summed E-state index contributed by atoms with van der Waals surface area (Å²) in [5.74, 6) is 0.982. The van der Waals surface area contributed by atoms with Gasteiger partial charge in [0, 0.05) is 29.8 Å². The molecule has 1 aromatic heterocycles. The lowest BCUT2D eigenvalue weighted by atomic mass is 10.3. The topological polar surface area (TPSA) is 16.1 Å². The number of nitrogens with zero attached hydrogens (tertiary/aromatic N) is 2. The van der Waals surface area contributed by atoms with Crippen molar-refractivity contribution in [1.82, 2.24) is 9.88 Å². The van der Waals surface area contributed by atoms with Crippen LogP contribution >= 0.6 is 15.9 Å². The van der Waals surface area contributed by atoms with E-state index < -0.39 is 0 Å². The third kappa shape index (κ3) is 2.83. The predicted octanol–water partition coefficient (Wildman–Crippen LogP) is 3.22. The monoisotopic (exact) mass is 280 g/mol. The molecule has 86 valence electrons. The van der Waals surface area contributed by atoms with E-state index >= 15 is 0 Å². The van der Waals surface area contributed by atoms with Gasteiger partial charge in [0.1, 0.15) is 0 Å². The minimum atomic E-state index is 0.853. The van der Waals surface area contributed by atoms with Crippen molar-refractivity contribution >= 4 is 15.9 Å². The second kappa shape index (κ2) is 4.46. The van der Waals surface area contributed by atoms with Crippen LogP contribution in [0.2, 0.25) is 0 Å². The lowest BCUT2D eigenvalue weighted by Crippen LogP contribution is -2.28. The molecule has 16 heavy (non-hydrogen) atoms. The zero-order chi connectivity index (χ0) is 11.0. The fourth-order valence-electron chi connectivity index (χ4n) is 2.12. The van der Waals surface area contributed by atoms with Crippen LogP contribution in [0.15, 0.2) is 22.8 Å². The molecule has 0 radical (unpaired) electrons. The van der Waals surface area contributed by atoms with Gasteiger partial charge < -0.3 is 0 Å². The molecule has 2 nitrogen and oxygen atoms in total. The average molecular weight is 281 g/mol. The Morgan fingerprint density at radius 1 is 1.25 bits per heavy atom. The lowest BCUT2D eigenvalue weighted by molar-refractivity contribution is 0.241. The molecule has 3 rings (SSSR count). The Morgan fingerprint density at radius 3 is 2.62 bits per heavy atom. The molecular formula is C13H17BrN2. The van der Waals surface area contributed by atoms with E-state index in [-0.39, 0.29) is 0 Å². The van der Waals surface area contributed by atoms with Crippen LogP contribution in [-0.4, -0.2) is 22.5 Å². The van der Waals surface area contributed by atoms with Crippen LogP contribution < -0.4 is 0 Å². The molecule has 0 aliphatic heterocycles. The maximum atomic E-state index is 4.47. The third-order valence-electron chi connectivity index (χ3n) is 3.41. The van der Waals surface area contributed by atoms with Gasteiger partial charge >= 0.3 is 0 Å². The first-order chi connectivity index (χ1) is 7.81. The Morgan fingerprint density at radius 2 is 2.06 bits per heavy atom. The maximum Gasteiger partial charge on any atom is 0.0544 e. The molecule has 0 saturated heterocycles. The van der Waals surface area contributed by atoms with Gasteiger partial charge in [0.15, 0.2) is 0 Å². The molecule has 0 aromatic carbocycles. The molecule has 2 aliphatic rings. The van der Waals surface area contributed by atoms with E-state index in [1.165, 1.54) is 37.9 Å². The molecule has 0 bridgehead atoms. The number of pyridine rings is 1. The Balaban J connectivity index is 1.63. The zero-order valence-corrected chi connectivity index (χ0v) is 11.0. The van der Waals surface area contributed by atoms with Gasteiger partial charge in [-0.3, -0.25) is 9.88 Å². The van der Waals surface area contributed by atoms with Crippen LogP contribution in [0.4, 0.5) is 0 Å². The van der Waals surface area contributed by atoms with Crippen molar-refractivity contribution in [3.8, 4) is 0 Å². The highest BCUT2D eigenvalue weighted by Gasteiger charge is 2.33. The van der Waals surface area contributed by atoms with Crippen LogP contribution in [0.3, 0.4) is 0 Å². The Bertz CT molecular complexity index is 355. The van der Waals surface area contributed by atoms with E-state index in [2.05, 4.69) is 37.9 Å². The number of hydrogen-bond acceptors (Lipinski definition) is 2. The van der Waals surface area contributed by atoms with Gasteiger partial charge in [0.25, 0.3) is 0 Å². The van der Waals surface area contributed by atoms with E-state index in [4.69, 9.17) is 0 Å². The summed E-state index contributed by atoms with van der Waals surface area (Å²) in [7, 11) is 0. The summed E-state index contributed by atoms with van der Waals surface area (Å²) in [6.45, 7) is 2.33.